The van der Waals surface area contributed by atoms with Crippen LogP contribution in [0.4, 0.5) is 10.1 Å². The number of aromatic carboxylic acids is 1. The first-order valence-corrected chi connectivity index (χ1v) is 9.28. The zero-order chi connectivity index (χ0) is 20.2. The average Bonchev–Trinajstić information content (AvgIpc) is 2.62. The molecule has 1 aromatic carbocycles. The normalized spacial score (nSPS) is 16.6. The lowest BCUT2D eigenvalue weighted by Crippen LogP contribution is -2.40. The molecule has 7 heteroatoms. The first-order valence-electron chi connectivity index (χ1n) is 9.28. The molecule has 0 spiro atoms. The van der Waals surface area contributed by atoms with E-state index in [1.165, 1.54) is 18.5 Å². The molecule has 1 aliphatic rings. The van der Waals surface area contributed by atoms with Crippen LogP contribution in [0.5, 0.6) is 0 Å². The molecule has 6 nitrogen and oxygen atoms in total. The number of aryl methyl sites for hydroxylation is 1. The number of piperidine rings is 1. The van der Waals surface area contributed by atoms with Crippen LogP contribution in [0.3, 0.4) is 0 Å². The van der Waals surface area contributed by atoms with E-state index in [2.05, 4.69) is 18.8 Å². The Labute approximate surface area is 161 Å². The Morgan fingerprint density at radius 1 is 1.32 bits per heavy atom. The van der Waals surface area contributed by atoms with E-state index in [4.69, 9.17) is 0 Å². The van der Waals surface area contributed by atoms with Gasteiger partial charge in [-0.1, -0.05) is 13.8 Å². The first kappa shape index (κ1) is 18.4. The quantitative estimate of drug-likeness (QED) is 0.685. The maximum absolute atomic E-state index is 14.9. The van der Waals surface area contributed by atoms with Gasteiger partial charge in [-0.3, -0.25) is 9.78 Å². The van der Waals surface area contributed by atoms with Crippen LogP contribution in [0, 0.1) is 11.2 Å². The maximum Gasteiger partial charge on any atom is 0.341 e. The average molecular weight is 383 g/mol. The lowest BCUT2D eigenvalue weighted by Gasteiger charge is -2.39. The van der Waals surface area contributed by atoms with E-state index in [1.54, 1.807) is 17.7 Å². The molecule has 1 fully saturated rings. The van der Waals surface area contributed by atoms with Crippen LogP contribution in [0.1, 0.15) is 37.0 Å². The smallest absolute Gasteiger partial charge is 0.341 e. The molecule has 0 saturated carbocycles. The van der Waals surface area contributed by atoms with Gasteiger partial charge in [-0.05, 0) is 24.3 Å². The summed E-state index contributed by atoms with van der Waals surface area (Å²) in [5, 5.41) is 10.1. The summed E-state index contributed by atoms with van der Waals surface area (Å²) in [5.74, 6) is -1.67. The van der Waals surface area contributed by atoms with Crippen molar-refractivity contribution in [3.63, 3.8) is 0 Å². The monoisotopic (exact) mass is 383 g/mol. The van der Waals surface area contributed by atoms with Gasteiger partial charge >= 0.3 is 5.97 Å². The van der Waals surface area contributed by atoms with Crippen LogP contribution in [-0.2, 0) is 7.05 Å². The molecule has 146 valence electrons. The summed E-state index contributed by atoms with van der Waals surface area (Å²) in [5.41, 5.74) is 0.460. The summed E-state index contributed by atoms with van der Waals surface area (Å²) in [7, 11) is 1.67. The largest absolute Gasteiger partial charge is 0.477 e. The number of hydrogen-bond acceptors (Lipinski definition) is 4. The van der Waals surface area contributed by atoms with E-state index >= 15 is 0 Å². The van der Waals surface area contributed by atoms with Gasteiger partial charge in [-0.25, -0.2) is 9.18 Å². The number of rotatable bonds is 2. The van der Waals surface area contributed by atoms with Crippen LogP contribution >= 0.6 is 0 Å². The molecule has 3 aromatic rings. The Morgan fingerprint density at radius 2 is 2.07 bits per heavy atom. The molecule has 1 saturated heterocycles. The van der Waals surface area contributed by atoms with Crippen molar-refractivity contribution < 1.29 is 14.3 Å². The third-order valence-corrected chi connectivity index (χ3v) is 5.56. The van der Waals surface area contributed by atoms with Crippen LogP contribution in [0.15, 0.2) is 29.3 Å². The lowest BCUT2D eigenvalue weighted by molar-refractivity contribution is 0.0695. The van der Waals surface area contributed by atoms with Crippen molar-refractivity contribution in [2.24, 2.45) is 12.5 Å². The maximum atomic E-state index is 14.9. The summed E-state index contributed by atoms with van der Waals surface area (Å²) in [6.45, 7) is 5.77. The van der Waals surface area contributed by atoms with Crippen molar-refractivity contribution in [3.8, 4) is 0 Å². The van der Waals surface area contributed by atoms with E-state index in [0.717, 1.165) is 19.4 Å². The zero-order valence-corrected chi connectivity index (χ0v) is 16.1. The number of halogens is 1. The number of fused-ring (bicyclic) bond motifs is 3. The van der Waals surface area contributed by atoms with Gasteiger partial charge in [0.15, 0.2) is 0 Å². The van der Waals surface area contributed by atoms with E-state index in [1.807, 2.05) is 4.90 Å². The molecule has 0 atom stereocenters. The predicted molar refractivity (Wildman–Crippen MR) is 107 cm³/mol. The van der Waals surface area contributed by atoms with Crippen molar-refractivity contribution in [2.75, 3.05) is 18.0 Å². The molecule has 28 heavy (non-hydrogen) atoms. The number of hydrogen-bond donors (Lipinski definition) is 1. The van der Waals surface area contributed by atoms with Crippen LogP contribution in [0.2, 0.25) is 0 Å². The van der Waals surface area contributed by atoms with Gasteiger partial charge < -0.3 is 14.6 Å². The van der Waals surface area contributed by atoms with Crippen molar-refractivity contribution >= 4 is 33.5 Å². The Kier molecular flexibility index (Phi) is 4.14. The standard InChI is InChI=1S/C21H22FN3O3/c1-21(2)5-4-6-25(11-21)16-7-12-15(8-14(16)22)23-9-17-18(12)19(26)13(20(27)28)10-24(17)3/h7-10H,4-6,11H2,1-3H3,(H,27,28). The van der Waals surface area contributed by atoms with Gasteiger partial charge in [-0.15, -0.1) is 0 Å². The third-order valence-electron chi connectivity index (χ3n) is 5.56. The number of nitrogens with zero attached hydrogens (tertiary/aromatic N) is 3. The minimum absolute atomic E-state index is 0.0727. The molecular formula is C21H22FN3O3. The molecule has 3 heterocycles. The number of carboxylic acid groups (broad SMARTS) is 1. The summed E-state index contributed by atoms with van der Waals surface area (Å²) >= 11 is 0. The first-order chi connectivity index (χ1) is 13.2. The van der Waals surface area contributed by atoms with Gasteiger partial charge in [0.1, 0.15) is 11.4 Å². The highest BCUT2D eigenvalue weighted by Gasteiger charge is 2.28. The zero-order valence-electron chi connectivity index (χ0n) is 16.1. The number of anilines is 1. The summed E-state index contributed by atoms with van der Waals surface area (Å²) < 4.78 is 16.5. The second kappa shape index (κ2) is 6.29. The molecule has 0 radical (unpaired) electrons. The van der Waals surface area contributed by atoms with Crippen molar-refractivity contribution in [2.45, 2.75) is 26.7 Å². The van der Waals surface area contributed by atoms with E-state index in [-0.39, 0.29) is 22.2 Å². The van der Waals surface area contributed by atoms with Crippen molar-refractivity contribution in [3.05, 3.63) is 46.1 Å². The van der Waals surface area contributed by atoms with E-state index in [9.17, 15) is 19.1 Å². The lowest BCUT2D eigenvalue weighted by atomic mass is 9.84. The third kappa shape index (κ3) is 2.91. The minimum Gasteiger partial charge on any atom is -0.477 e. The van der Waals surface area contributed by atoms with Crippen LogP contribution in [-0.4, -0.2) is 33.7 Å². The number of carboxylic acids is 1. The SMILES string of the molecule is Cn1cc(C(=O)O)c(=O)c2c3cc(N4CCCC(C)(C)C4)c(F)cc3ncc21. The molecule has 0 amide bonds. The summed E-state index contributed by atoms with van der Waals surface area (Å²) in [6.07, 6.45) is 4.81. The highest BCUT2D eigenvalue weighted by molar-refractivity contribution is 6.07. The van der Waals surface area contributed by atoms with Gasteiger partial charge in [0.05, 0.1) is 28.3 Å². The molecule has 2 aromatic heterocycles. The topological polar surface area (TPSA) is 75.4 Å². The van der Waals surface area contributed by atoms with Crippen molar-refractivity contribution in [1.82, 2.24) is 9.55 Å². The molecule has 1 N–H and O–H groups in total. The van der Waals surface area contributed by atoms with E-state index in [0.29, 0.717) is 28.7 Å². The number of carbonyl (C=O) groups is 1. The number of aromatic nitrogens is 2. The second-order valence-corrected chi connectivity index (χ2v) is 8.32. The molecular weight excluding hydrogens is 361 g/mol. The van der Waals surface area contributed by atoms with Crippen LogP contribution in [0.25, 0.3) is 21.8 Å². The molecule has 0 unspecified atom stereocenters. The Balaban J connectivity index is 2.02. The predicted octanol–water partition coefficient (Wildman–Crippen LogP) is 3.55. The van der Waals surface area contributed by atoms with Crippen LogP contribution < -0.4 is 10.3 Å². The second-order valence-electron chi connectivity index (χ2n) is 8.32. The molecule has 1 aliphatic heterocycles. The Hall–Kier alpha value is -2.96. The summed E-state index contributed by atoms with van der Waals surface area (Å²) in [4.78, 5) is 30.7. The number of benzene rings is 1. The fourth-order valence-electron chi connectivity index (χ4n) is 4.18. The van der Waals surface area contributed by atoms with Gasteiger partial charge in [-0.2, -0.15) is 0 Å². The Bertz CT molecular complexity index is 1180. The van der Waals surface area contributed by atoms with Gasteiger partial charge in [0.2, 0.25) is 5.43 Å². The molecule has 0 aliphatic carbocycles. The van der Waals surface area contributed by atoms with Crippen molar-refractivity contribution in [1.29, 1.82) is 0 Å². The van der Waals surface area contributed by atoms with Gasteiger partial charge in [0, 0.05) is 37.8 Å². The highest BCUT2D eigenvalue weighted by atomic mass is 19.1. The highest BCUT2D eigenvalue weighted by Crippen LogP contribution is 2.35. The van der Waals surface area contributed by atoms with Gasteiger partial charge in [0.25, 0.3) is 0 Å². The molecule has 4 rings (SSSR count). The molecule has 0 bridgehead atoms. The Morgan fingerprint density at radius 3 is 2.75 bits per heavy atom. The number of pyridine rings is 2. The minimum atomic E-state index is -1.28. The fourth-order valence-corrected chi connectivity index (χ4v) is 4.18. The summed E-state index contributed by atoms with van der Waals surface area (Å²) in [6, 6.07) is 2.98. The van der Waals surface area contributed by atoms with E-state index < -0.39 is 11.4 Å². The fraction of sp³-hybridized carbons (Fsp3) is 0.381.